The Morgan fingerprint density at radius 3 is 2.31 bits per heavy atom. The molecular weight excluding hydrogens is 212 g/mol. The maximum atomic E-state index is 4.60. The van der Waals surface area contributed by atoms with Crippen LogP contribution in [0.4, 0.5) is 0 Å². The summed E-state index contributed by atoms with van der Waals surface area (Å²) in [6.07, 6.45) is 2.23. The molecule has 1 unspecified atom stereocenters. The van der Waals surface area contributed by atoms with Crippen molar-refractivity contribution in [3.05, 3.63) is 77.4 Å². The van der Waals surface area contributed by atoms with Gasteiger partial charge in [-0.2, -0.15) is 12.6 Å². The fourth-order valence-electron chi connectivity index (χ4n) is 2.21. The van der Waals surface area contributed by atoms with Crippen molar-refractivity contribution in [1.82, 2.24) is 0 Å². The van der Waals surface area contributed by atoms with Gasteiger partial charge in [0.15, 0.2) is 0 Å². The predicted octanol–water partition coefficient (Wildman–Crippen LogP) is 4.10. The minimum atomic E-state index is 0.228. The second-order valence-corrected chi connectivity index (χ2v) is 4.53. The van der Waals surface area contributed by atoms with E-state index in [0.717, 1.165) is 0 Å². The van der Waals surface area contributed by atoms with E-state index in [2.05, 4.69) is 67.2 Å². The van der Waals surface area contributed by atoms with E-state index in [4.69, 9.17) is 0 Å². The van der Waals surface area contributed by atoms with Crippen LogP contribution in [0.25, 0.3) is 5.57 Å². The molecule has 3 rings (SSSR count). The van der Waals surface area contributed by atoms with Gasteiger partial charge in [0.1, 0.15) is 0 Å². The smallest absolute Gasteiger partial charge is 0.0462 e. The van der Waals surface area contributed by atoms with E-state index in [9.17, 15) is 0 Å². The van der Waals surface area contributed by atoms with Crippen molar-refractivity contribution in [2.45, 2.75) is 5.25 Å². The first kappa shape index (κ1) is 9.73. The molecule has 1 aliphatic rings. The molecule has 0 bridgehead atoms. The first-order valence-corrected chi connectivity index (χ1v) is 5.92. The number of thiol groups is 1. The standard InChI is InChI=1S/C15H12S/c16-15-10-14(11-6-2-1-3-7-11)12-8-4-5-9-13(12)15/h1-10,15-16H. The molecule has 0 nitrogen and oxygen atoms in total. The van der Waals surface area contributed by atoms with Gasteiger partial charge in [-0.05, 0) is 22.3 Å². The average molecular weight is 224 g/mol. The Balaban J connectivity index is 2.15. The van der Waals surface area contributed by atoms with E-state index >= 15 is 0 Å². The molecular formula is C15H12S. The van der Waals surface area contributed by atoms with Crippen molar-refractivity contribution in [3.63, 3.8) is 0 Å². The summed E-state index contributed by atoms with van der Waals surface area (Å²) in [4.78, 5) is 0. The molecule has 0 amide bonds. The van der Waals surface area contributed by atoms with Gasteiger partial charge in [0.25, 0.3) is 0 Å². The zero-order valence-corrected chi connectivity index (χ0v) is 9.69. The molecule has 0 aliphatic heterocycles. The fourth-order valence-corrected chi connectivity index (χ4v) is 2.58. The SMILES string of the molecule is SC1C=C(c2ccccc2)c2ccccc21. The predicted molar refractivity (Wildman–Crippen MR) is 71.7 cm³/mol. The molecule has 0 spiro atoms. The van der Waals surface area contributed by atoms with Crippen LogP contribution in [-0.2, 0) is 0 Å². The topological polar surface area (TPSA) is 0 Å². The molecule has 2 aromatic rings. The van der Waals surface area contributed by atoms with E-state index in [-0.39, 0.29) is 5.25 Å². The highest BCUT2D eigenvalue weighted by molar-refractivity contribution is 7.80. The van der Waals surface area contributed by atoms with E-state index in [1.807, 2.05) is 6.07 Å². The number of benzene rings is 2. The first-order valence-electron chi connectivity index (χ1n) is 5.41. The number of hydrogen-bond acceptors (Lipinski definition) is 1. The number of rotatable bonds is 1. The molecule has 1 aliphatic carbocycles. The molecule has 0 N–H and O–H groups in total. The Morgan fingerprint density at radius 1 is 0.812 bits per heavy atom. The molecule has 1 atom stereocenters. The third-order valence-corrected chi connectivity index (χ3v) is 3.41. The summed E-state index contributed by atoms with van der Waals surface area (Å²) < 4.78 is 0. The summed E-state index contributed by atoms with van der Waals surface area (Å²) in [5, 5.41) is 0.228. The number of hydrogen-bond donors (Lipinski definition) is 1. The summed E-state index contributed by atoms with van der Waals surface area (Å²) in [7, 11) is 0. The highest BCUT2D eigenvalue weighted by Crippen LogP contribution is 2.40. The summed E-state index contributed by atoms with van der Waals surface area (Å²) >= 11 is 4.60. The largest absolute Gasteiger partial charge is 0.167 e. The van der Waals surface area contributed by atoms with Gasteiger partial charge in [0.05, 0.1) is 0 Å². The normalized spacial score (nSPS) is 18.1. The van der Waals surface area contributed by atoms with Crippen LogP contribution in [0.2, 0.25) is 0 Å². The van der Waals surface area contributed by atoms with Crippen molar-refractivity contribution in [3.8, 4) is 0 Å². The lowest BCUT2D eigenvalue weighted by Crippen LogP contribution is -1.86. The van der Waals surface area contributed by atoms with Gasteiger partial charge in [-0.15, -0.1) is 0 Å². The Labute approximate surface area is 101 Å². The highest BCUT2D eigenvalue weighted by Gasteiger charge is 2.20. The van der Waals surface area contributed by atoms with Gasteiger partial charge >= 0.3 is 0 Å². The van der Waals surface area contributed by atoms with Crippen LogP contribution in [0.3, 0.4) is 0 Å². The lowest BCUT2D eigenvalue weighted by molar-refractivity contribution is 1.28. The van der Waals surface area contributed by atoms with Gasteiger partial charge in [0, 0.05) is 5.25 Å². The van der Waals surface area contributed by atoms with Crippen LogP contribution in [0, 0.1) is 0 Å². The van der Waals surface area contributed by atoms with Crippen LogP contribution in [0.1, 0.15) is 21.9 Å². The summed E-state index contributed by atoms with van der Waals surface area (Å²) in [6.45, 7) is 0. The fraction of sp³-hybridized carbons (Fsp3) is 0.0667. The minimum Gasteiger partial charge on any atom is -0.167 e. The van der Waals surface area contributed by atoms with Crippen molar-refractivity contribution in [2.75, 3.05) is 0 Å². The van der Waals surface area contributed by atoms with Crippen LogP contribution >= 0.6 is 12.6 Å². The quantitative estimate of drug-likeness (QED) is 0.693. The maximum Gasteiger partial charge on any atom is 0.0462 e. The zero-order chi connectivity index (χ0) is 11.0. The summed E-state index contributed by atoms with van der Waals surface area (Å²) in [5.41, 5.74) is 5.20. The van der Waals surface area contributed by atoms with E-state index in [0.29, 0.717) is 0 Å². The van der Waals surface area contributed by atoms with Gasteiger partial charge in [-0.3, -0.25) is 0 Å². The Bertz CT molecular complexity index is 540. The monoisotopic (exact) mass is 224 g/mol. The Hall–Kier alpha value is -1.47. The van der Waals surface area contributed by atoms with E-state index < -0.39 is 0 Å². The lowest BCUT2D eigenvalue weighted by Gasteiger charge is -2.05. The molecule has 0 fully saturated rings. The van der Waals surface area contributed by atoms with Crippen LogP contribution in [0.15, 0.2) is 60.7 Å². The molecule has 2 aromatic carbocycles. The molecule has 78 valence electrons. The molecule has 0 radical (unpaired) electrons. The van der Waals surface area contributed by atoms with E-state index in [1.165, 1.54) is 22.3 Å². The third kappa shape index (κ3) is 1.48. The van der Waals surface area contributed by atoms with Gasteiger partial charge in [-0.1, -0.05) is 60.7 Å². The molecule has 0 aromatic heterocycles. The Kier molecular flexibility index (Phi) is 2.33. The lowest BCUT2D eigenvalue weighted by atomic mass is 9.99. The maximum absolute atomic E-state index is 4.60. The van der Waals surface area contributed by atoms with Crippen LogP contribution in [-0.4, -0.2) is 0 Å². The minimum absolute atomic E-state index is 0.228. The van der Waals surface area contributed by atoms with Gasteiger partial charge in [-0.25, -0.2) is 0 Å². The van der Waals surface area contributed by atoms with Crippen LogP contribution in [0.5, 0.6) is 0 Å². The molecule has 0 saturated carbocycles. The number of fused-ring (bicyclic) bond motifs is 1. The first-order chi connectivity index (χ1) is 7.86. The van der Waals surface area contributed by atoms with Crippen molar-refractivity contribution in [2.24, 2.45) is 0 Å². The second kappa shape index (κ2) is 3.84. The second-order valence-electron chi connectivity index (χ2n) is 3.98. The Morgan fingerprint density at radius 2 is 1.50 bits per heavy atom. The van der Waals surface area contributed by atoms with Gasteiger partial charge < -0.3 is 0 Å². The molecule has 0 saturated heterocycles. The summed E-state index contributed by atoms with van der Waals surface area (Å²) in [5.74, 6) is 0. The highest BCUT2D eigenvalue weighted by atomic mass is 32.1. The van der Waals surface area contributed by atoms with Crippen molar-refractivity contribution in [1.29, 1.82) is 0 Å². The molecule has 1 heteroatoms. The van der Waals surface area contributed by atoms with Crippen molar-refractivity contribution < 1.29 is 0 Å². The van der Waals surface area contributed by atoms with E-state index in [1.54, 1.807) is 0 Å². The average Bonchev–Trinajstić information content (AvgIpc) is 2.69. The zero-order valence-electron chi connectivity index (χ0n) is 8.80. The van der Waals surface area contributed by atoms with Crippen molar-refractivity contribution >= 4 is 18.2 Å². The van der Waals surface area contributed by atoms with Crippen LogP contribution < -0.4 is 0 Å². The third-order valence-electron chi connectivity index (χ3n) is 2.98. The molecule has 0 heterocycles. The van der Waals surface area contributed by atoms with Gasteiger partial charge in [0.2, 0.25) is 0 Å². The molecule has 16 heavy (non-hydrogen) atoms. The summed E-state index contributed by atoms with van der Waals surface area (Å²) in [6, 6.07) is 19.0.